The van der Waals surface area contributed by atoms with E-state index in [1.807, 2.05) is 12.3 Å². The molecule has 9 nitrogen and oxygen atoms in total. The Morgan fingerprint density at radius 2 is 1.93 bits per heavy atom. The molecule has 0 aliphatic heterocycles. The van der Waals surface area contributed by atoms with Gasteiger partial charge in [-0.2, -0.15) is 4.98 Å². The van der Waals surface area contributed by atoms with Gasteiger partial charge in [-0.1, -0.05) is 0 Å². The largest absolute Gasteiger partial charge is 0.497 e. The minimum Gasteiger partial charge on any atom is -0.497 e. The van der Waals surface area contributed by atoms with Crippen molar-refractivity contribution in [2.75, 3.05) is 30.8 Å². The van der Waals surface area contributed by atoms with E-state index in [0.29, 0.717) is 24.1 Å². The zero-order valence-corrected chi connectivity index (χ0v) is 17.0. The number of benzene rings is 1. The van der Waals surface area contributed by atoms with Crippen LogP contribution in [-0.4, -0.2) is 43.6 Å². The summed E-state index contributed by atoms with van der Waals surface area (Å²) in [7, 11) is -2.07. The van der Waals surface area contributed by atoms with Gasteiger partial charge in [0.15, 0.2) is 5.13 Å². The molecule has 3 rings (SSSR count). The molecular weight excluding hydrogens is 400 g/mol. The Morgan fingerprint density at radius 1 is 1.14 bits per heavy atom. The number of hydrogen-bond acceptors (Lipinski definition) is 9. The van der Waals surface area contributed by atoms with E-state index in [2.05, 4.69) is 30.3 Å². The van der Waals surface area contributed by atoms with Gasteiger partial charge in [-0.3, -0.25) is 0 Å². The average molecular weight is 421 g/mol. The van der Waals surface area contributed by atoms with E-state index in [1.54, 1.807) is 24.4 Å². The molecule has 2 heterocycles. The number of rotatable bonds is 9. The van der Waals surface area contributed by atoms with Gasteiger partial charge in [0.25, 0.3) is 0 Å². The summed E-state index contributed by atoms with van der Waals surface area (Å²) in [6.07, 6.45) is 1.70. The molecule has 0 saturated heterocycles. The van der Waals surface area contributed by atoms with Gasteiger partial charge in [0, 0.05) is 36.4 Å². The molecule has 0 bridgehead atoms. The Labute approximate surface area is 167 Å². The van der Waals surface area contributed by atoms with Gasteiger partial charge in [-0.05, 0) is 31.2 Å². The van der Waals surface area contributed by atoms with Crippen LogP contribution in [0.2, 0.25) is 0 Å². The van der Waals surface area contributed by atoms with Crippen LogP contribution in [0.4, 0.5) is 16.9 Å². The summed E-state index contributed by atoms with van der Waals surface area (Å²) in [6.45, 7) is 2.36. The number of thiazole rings is 1. The third-order valence-corrected chi connectivity index (χ3v) is 5.76. The zero-order valence-electron chi connectivity index (χ0n) is 15.3. The average Bonchev–Trinajstić information content (AvgIpc) is 3.18. The maximum Gasteiger partial charge on any atom is 0.240 e. The first-order valence-corrected chi connectivity index (χ1v) is 10.7. The van der Waals surface area contributed by atoms with Crippen LogP contribution in [0.25, 0.3) is 0 Å². The molecule has 0 radical (unpaired) electrons. The van der Waals surface area contributed by atoms with E-state index < -0.39 is 10.0 Å². The number of nitrogens with one attached hydrogen (secondary N) is 3. The molecule has 28 heavy (non-hydrogen) atoms. The molecular formula is C17H20N6O3S2. The number of aromatic nitrogens is 3. The molecule has 11 heteroatoms. The molecule has 3 N–H and O–H groups in total. The van der Waals surface area contributed by atoms with Crippen molar-refractivity contribution in [1.29, 1.82) is 0 Å². The Kier molecular flexibility index (Phi) is 6.39. The van der Waals surface area contributed by atoms with Gasteiger partial charge >= 0.3 is 0 Å². The van der Waals surface area contributed by atoms with E-state index in [4.69, 9.17) is 4.74 Å². The van der Waals surface area contributed by atoms with Gasteiger partial charge in [-0.15, -0.1) is 11.3 Å². The lowest BCUT2D eigenvalue weighted by Crippen LogP contribution is -2.29. The lowest BCUT2D eigenvalue weighted by atomic mass is 10.3. The second-order valence-electron chi connectivity index (χ2n) is 5.68. The first-order valence-electron chi connectivity index (χ1n) is 8.36. The standard InChI is InChI=1S/C17H20N6O3S2/c1-12-11-15(23-17-19-9-10-27-17)22-16(21-12)18-7-8-20-28(24,25)14-5-3-13(26-2)4-6-14/h3-6,9-11,20H,7-8H2,1-2H3,(H2,18,19,21,22,23). The van der Waals surface area contributed by atoms with E-state index in [9.17, 15) is 8.42 Å². The monoisotopic (exact) mass is 420 g/mol. The normalized spacial score (nSPS) is 11.2. The molecule has 0 amide bonds. The minimum absolute atomic E-state index is 0.176. The highest BCUT2D eigenvalue weighted by Crippen LogP contribution is 2.18. The molecule has 0 spiro atoms. The highest BCUT2D eigenvalue weighted by Gasteiger charge is 2.13. The van der Waals surface area contributed by atoms with E-state index in [-0.39, 0.29) is 11.4 Å². The quantitative estimate of drug-likeness (QED) is 0.452. The van der Waals surface area contributed by atoms with Crippen molar-refractivity contribution in [3.8, 4) is 5.75 Å². The van der Waals surface area contributed by atoms with Crippen molar-refractivity contribution in [3.63, 3.8) is 0 Å². The summed E-state index contributed by atoms with van der Waals surface area (Å²) in [5, 5.41) is 8.73. The second-order valence-corrected chi connectivity index (χ2v) is 8.34. The molecule has 0 atom stereocenters. The Balaban J connectivity index is 1.55. The van der Waals surface area contributed by atoms with Crippen molar-refractivity contribution in [3.05, 3.63) is 47.6 Å². The number of hydrogen-bond donors (Lipinski definition) is 3. The summed E-state index contributed by atoms with van der Waals surface area (Å²) in [4.78, 5) is 13.0. The summed E-state index contributed by atoms with van der Waals surface area (Å²) in [6, 6.07) is 8.00. The number of anilines is 3. The van der Waals surface area contributed by atoms with Crippen LogP contribution in [0.15, 0.2) is 46.8 Å². The van der Waals surface area contributed by atoms with Crippen molar-refractivity contribution in [1.82, 2.24) is 19.7 Å². The van der Waals surface area contributed by atoms with Gasteiger partial charge in [0.1, 0.15) is 11.6 Å². The molecule has 2 aromatic heterocycles. The van der Waals surface area contributed by atoms with Crippen LogP contribution < -0.4 is 20.1 Å². The summed E-state index contributed by atoms with van der Waals surface area (Å²) >= 11 is 1.47. The van der Waals surface area contributed by atoms with Crippen molar-refractivity contribution >= 4 is 38.3 Å². The van der Waals surface area contributed by atoms with Crippen LogP contribution in [0, 0.1) is 6.92 Å². The number of aryl methyl sites for hydroxylation is 1. The number of methoxy groups -OCH3 is 1. The smallest absolute Gasteiger partial charge is 0.240 e. The van der Waals surface area contributed by atoms with E-state index >= 15 is 0 Å². The fraction of sp³-hybridized carbons (Fsp3) is 0.235. The molecule has 0 saturated carbocycles. The molecule has 0 unspecified atom stereocenters. The third-order valence-electron chi connectivity index (χ3n) is 3.59. The number of nitrogens with zero attached hydrogens (tertiary/aromatic N) is 3. The predicted molar refractivity (Wildman–Crippen MR) is 109 cm³/mol. The summed E-state index contributed by atoms with van der Waals surface area (Å²) in [5.74, 6) is 1.62. The van der Waals surface area contributed by atoms with Crippen LogP contribution >= 0.6 is 11.3 Å². The maximum atomic E-state index is 12.3. The van der Waals surface area contributed by atoms with Gasteiger partial charge < -0.3 is 15.4 Å². The molecule has 3 aromatic rings. The lowest BCUT2D eigenvalue weighted by Gasteiger charge is -2.10. The number of ether oxygens (including phenoxy) is 1. The summed E-state index contributed by atoms with van der Waals surface area (Å²) < 4.78 is 32.2. The molecule has 0 aliphatic rings. The van der Waals surface area contributed by atoms with Crippen molar-refractivity contribution in [2.45, 2.75) is 11.8 Å². The third kappa shape index (κ3) is 5.38. The Morgan fingerprint density at radius 3 is 2.61 bits per heavy atom. The molecule has 1 aromatic carbocycles. The first-order chi connectivity index (χ1) is 13.5. The fourth-order valence-corrected chi connectivity index (χ4v) is 3.87. The maximum absolute atomic E-state index is 12.3. The SMILES string of the molecule is COc1ccc(S(=O)(=O)NCCNc2nc(C)cc(Nc3nccs3)n2)cc1. The molecule has 148 valence electrons. The van der Waals surface area contributed by atoms with Crippen LogP contribution in [0.3, 0.4) is 0 Å². The van der Waals surface area contributed by atoms with Crippen LogP contribution in [0.5, 0.6) is 5.75 Å². The van der Waals surface area contributed by atoms with Gasteiger partial charge in [-0.25, -0.2) is 23.1 Å². The minimum atomic E-state index is -3.60. The summed E-state index contributed by atoms with van der Waals surface area (Å²) in [5.41, 5.74) is 0.773. The number of sulfonamides is 1. The molecule has 0 aliphatic carbocycles. The van der Waals surface area contributed by atoms with Crippen molar-refractivity contribution < 1.29 is 13.2 Å². The van der Waals surface area contributed by atoms with E-state index in [0.717, 1.165) is 10.8 Å². The highest BCUT2D eigenvalue weighted by molar-refractivity contribution is 7.89. The lowest BCUT2D eigenvalue weighted by molar-refractivity contribution is 0.414. The fourth-order valence-electron chi connectivity index (χ4n) is 2.30. The Hall–Kier alpha value is -2.76. The van der Waals surface area contributed by atoms with Crippen molar-refractivity contribution in [2.24, 2.45) is 0 Å². The zero-order chi connectivity index (χ0) is 20.0. The second kappa shape index (κ2) is 8.95. The van der Waals surface area contributed by atoms with E-state index in [1.165, 1.54) is 30.6 Å². The predicted octanol–water partition coefficient (Wildman–Crippen LogP) is 2.38. The van der Waals surface area contributed by atoms with Gasteiger partial charge in [0.2, 0.25) is 16.0 Å². The topological polar surface area (TPSA) is 118 Å². The molecule has 0 fully saturated rings. The van der Waals surface area contributed by atoms with Gasteiger partial charge in [0.05, 0.1) is 12.0 Å². The highest BCUT2D eigenvalue weighted by atomic mass is 32.2. The first kappa shape index (κ1) is 20.0. The van der Waals surface area contributed by atoms with Crippen LogP contribution in [0.1, 0.15) is 5.69 Å². The van der Waals surface area contributed by atoms with Crippen LogP contribution in [-0.2, 0) is 10.0 Å². The Bertz CT molecular complexity index is 1010.